The lowest BCUT2D eigenvalue weighted by atomic mass is 10.1. The third-order valence-electron chi connectivity index (χ3n) is 4.88. The molecule has 1 aliphatic rings. The van der Waals surface area contributed by atoms with Gasteiger partial charge in [0.25, 0.3) is 5.91 Å². The Hall–Kier alpha value is -3.41. The second-order valence-corrected chi connectivity index (χ2v) is 7.19. The average molecular weight is 376 g/mol. The zero-order valence-electron chi connectivity index (χ0n) is 15.7. The highest BCUT2D eigenvalue weighted by molar-refractivity contribution is 5.98. The summed E-state index contributed by atoms with van der Waals surface area (Å²) >= 11 is 0. The number of benzene rings is 2. The summed E-state index contributed by atoms with van der Waals surface area (Å²) in [4.78, 5) is 38.9. The van der Waals surface area contributed by atoms with Crippen LogP contribution in [0.2, 0.25) is 0 Å². The molecule has 0 spiro atoms. The van der Waals surface area contributed by atoms with Crippen LogP contribution >= 0.6 is 0 Å². The molecular weight excluding hydrogens is 356 g/mol. The van der Waals surface area contributed by atoms with Crippen molar-refractivity contribution in [1.82, 2.24) is 5.32 Å². The van der Waals surface area contributed by atoms with Crippen LogP contribution in [0.5, 0.6) is 0 Å². The third-order valence-corrected chi connectivity index (χ3v) is 4.88. The first-order valence-electron chi connectivity index (χ1n) is 9.13. The smallest absolute Gasteiger partial charge is 0.287 e. The molecule has 2 amide bonds. The molecule has 6 heteroatoms. The van der Waals surface area contributed by atoms with Crippen LogP contribution in [-0.4, -0.2) is 24.4 Å². The van der Waals surface area contributed by atoms with Gasteiger partial charge in [-0.1, -0.05) is 18.2 Å². The normalized spacial score (nSPS) is 16.6. The van der Waals surface area contributed by atoms with Crippen molar-refractivity contribution in [1.29, 1.82) is 0 Å². The summed E-state index contributed by atoms with van der Waals surface area (Å²) in [6.07, 6.45) is 0.205. The molecule has 1 fully saturated rings. The largest absolute Gasteiger partial charge is 0.451 e. The lowest BCUT2D eigenvalue weighted by Crippen LogP contribution is -2.37. The van der Waals surface area contributed by atoms with Crippen LogP contribution in [0, 0.1) is 13.8 Å². The minimum atomic E-state index is -0.496. The molecule has 0 aliphatic carbocycles. The molecule has 1 aromatic heterocycles. The van der Waals surface area contributed by atoms with Gasteiger partial charge in [0.15, 0.2) is 11.2 Å². The minimum Gasteiger partial charge on any atom is -0.451 e. The number of carbonyl (C=O) groups is 2. The predicted molar refractivity (Wildman–Crippen MR) is 107 cm³/mol. The van der Waals surface area contributed by atoms with Crippen LogP contribution in [0.3, 0.4) is 0 Å². The van der Waals surface area contributed by atoms with Crippen molar-refractivity contribution >= 4 is 28.5 Å². The Labute approximate surface area is 161 Å². The molecule has 28 heavy (non-hydrogen) atoms. The van der Waals surface area contributed by atoms with E-state index in [1.165, 1.54) is 6.07 Å². The Morgan fingerprint density at radius 2 is 1.86 bits per heavy atom. The summed E-state index contributed by atoms with van der Waals surface area (Å²) < 4.78 is 5.64. The molecule has 0 bridgehead atoms. The van der Waals surface area contributed by atoms with Crippen LogP contribution in [0.1, 0.15) is 28.1 Å². The zero-order valence-corrected chi connectivity index (χ0v) is 15.7. The van der Waals surface area contributed by atoms with Crippen molar-refractivity contribution in [3.05, 3.63) is 75.6 Å². The van der Waals surface area contributed by atoms with E-state index in [0.717, 1.165) is 16.8 Å². The van der Waals surface area contributed by atoms with Gasteiger partial charge in [0, 0.05) is 24.7 Å². The topological polar surface area (TPSA) is 79.6 Å². The van der Waals surface area contributed by atoms with Crippen molar-refractivity contribution in [3.8, 4) is 0 Å². The lowest BCUT2D eigenvalue weighted by Gasteiger charge is -2.17. The quantitative estimate of drug-likeness (QED) is 0.762. The van der Waals surface area contributed by atoms with E-state index in [1.807, 2.05) is 44.2 Å². The van der Waals surface area contributed by atoms with E-state index in [2.05, 4.69) is 5.32 Å². The van der Waals surface area contributed by atoms with Gasteiger partial charge in [-0.15, -0.1) is 0 Å². The monoisotopic (exact) mass is 376 g/mol. The molecule has 3 aromatic rings. The van der Waals surface area contributed by atoms with E-state index in [0.29, 0.717) is 17.5 Å². The third kappa shape index (κ3) is 3.41. The van der Waals surface area contributed by atoms with E-state index < -0.39 is 5.91 Å². The number of aryl methyl sites for hydroxylation is 2. The molecule has 2 heterocycles. The molecule has 1 N–H and O–H groups in total. The highest BCUT2D eigenvalue weighted by Crippen LogP contribution is 2.23. The van der Waals surface area contributed by atoms with Crippen molar-refractivity contribution in [2.45, 2.75) is 26.3 Å². The number of anilines is 1. The van der Waals surface area contributed by atoms with Crippen LogP contribution in [0.4, 0.5) is 5.69 Å². The molecular formula is C22H20N2O4. The summed E-state index contributed by atoms with van der Waals surface area (Å²) in [5.74, 6) is -0.597. The number of nitrogens with zero attached hydrogens (tertiary/aromatic N) is 1. The molecule has 0 radical (unpaired) electrons. The van der Waals surface area contributed by atoms with Crippen molar-refractivity contribution < 1.29 is 14.0 Å². The van der Waals surface area contributed by atoms with Gasteiger partial charge in [0.2, 0.25) is 5.91 Å². The second-order valence-electron chi connectivity index (χ2n) is 7.19. The fraction of sp³-hybridized carbons (Fsp3) is 0.227. The van der Waals surface area contributed by atoms with Gasteiger partial charge in [-0.3, -0.25) is 14.4 Å². The molecule has 2 aromatic carbocycles. The van der Waals surface area contributed by atoms with Gasteiger partial charge in [0.05, 0.1) is 11.4 Å². The van der Waals surface area contributed by atoms with E-state index >= 15 is 0 Å². The Bertz CT molecular complexity index is 1150. The number of nitrogens with one attached hydrogen (secondary N) is 1. The summed E-state index contributed by atoms with van der Waals surface area (Å²) in [6, 6.07) is 13.8. The highest BCUT2D eigenvalue weighted by Gasteiger charge is 2.32. The molecule has 1 atom stereocenters. The van der Waals surface area contributed by atoms with Gasteiger partial charge < -0.3 is 14.6 Å². The van der Waals surface area contributed by atoms with Crippen molar-refractivity contribution in [3.63, 3.8) is 0 Å². The van der Waals surface area contributed by atoms with Crippen LogP contribution in [0.25, 0.3) is 11.0 Å². The van der Waals surface area contributed by atoms with Gasteiger partial charge in [0.1, 0.15) is 5.58 Å². The Kier molecular flexibility index (Phi) is 4.47. The summed E-state index contributed by atoms with van der Waals surface area (Å²) in [6.45, 7) is 4.23. The maximum atomic E-state index is 12.6. The van der Waals surface area contributed by atoms with Crippen LogP contribution in [0.15, 0.2) is 57.7 Å². The summed E-state index contributed by atoms with van der Waals surface area (Å²) in [5.41, 5.74) is 2.92. The SMILES string of the molecule is Cc1cccc(N2CC(NC(=O)c3cc(=O)c4ccc(C)cc4o3)CC2=O)c1. The molecule has 0 saturated carbocycles. The summed E-state index contributed by atoms with van der Waals surface area (Å²) in [5, 5.41) is 3.25. The second kappa shape index (κ2) is 6.96. The number of hydrogen-bond acceptors (Lipinski definition) is 4. The highest BCUT2D eigenvalue weighted by atomic mass is 16.3. The number of rotatable bonds is 3. The molecule has 1 unspecified atom stereocenters. The Morgan fingerprint density at radius 3 is 2.64 bits per heavy atom. The van der Waals surface area contributed by atoms with Crippen molar-refractivity contribution in [2.24, 2.45) is 0 Å². The maximum Gasteiger partial charge on any atom is 0.287 e. The number of amides is 2. The zero-order chi connectivity index (χ0) is 19.8. The van der Waals surface area contributed by atoms with Gasteiger partial charge >= 0.3 is 0 Å². The molecule has 1 aliphatic heterocycles. The number of hydrogen-bond donors (Lipinski definition) is 1. The number of fused-ring (bicyclic) bond motifs is 1. The molecule has 1 saturated heterocycles. The van der Waals surface area contributed by atoms with Gasteiger partial charge in [-0.25, -0.2) is 0 Å². The van der Waals surface area contributed by atoms with E-state index in [-0.39, 0.29) is 29.6 Å². The van der Waals surface area contributed by atoms with E-state index in [1.54, 1.807) is 17.0 Å². The first-order chi connectivity index (χ1) is 13.4. The van der Waals surface area contributed by atoms with Crippen LogP contribution in [-0.2, 0) is 4.79 Å². The Morgan fingerprint density at radius 1 is 1.07 bits per heavy atom. The molecule has 6 nitrogen and oxygen atoms in total. The average Bonchev–Trinajstić information content (AvgIpc) is 3.01. The maximum absolute atomic E-state index is 12.6. The molecule has 4 rings (SSSR count). The first-order valence-corrected chi connectivity index (χ1v) is 9.13. The first kappa shape index (κ1) is 18.0. The van der Waals surface area contributed by atoms with Gasteiger partial charge in [-0.2, -0.15) is 0 Å². The fourth-order valence-electron chi connectivity index (χ4n) is 3.48. The number of carbonyl (C=O) groups excluding carboxylic acids is 2. The molecule has 142 valence electrons. The van der Waals surface area contributed by atoms with E-state index in [4.69, 9.17) is 4.42 Å². The van der Waals surface area contributed by atoms with Crippen LogP contribution < -0.4 is 15.6 Å². The lowest BCUT2D eigenvalue weighted by molar-refractivity contribution is -0.117. The fourth-order valence-corrected chi connectivity index (χ4v) is 3.48. The van der Waals surface area contributed by atoms with Crippen molar-refractivity contribution in [2.75, 3.05) is 11.4 Å². The standard InChI is InChI=1S/C22H20N2O4/c1-13-4-3-5-16(8-13)24-12-15(10-21(24)26)23-22(27)20-11-18(25)17-7-6-14(2)9-19(17)28-20/h3-9,11,15H,10,12H2,1-2H3,(H,23,27). The summed E-state index contributed by atoms with van der Waals surface area (Å²) in [7, 11) is 0. The predicted octanol–water partition coefficient (Wildman–Crippen LogP) is 2.95. The Balaban J connectivity index is 1.53. The minimum absolute atomic E-state index is 0.0495. The van der Waals surface area contributed by atoms with Gasteiger partial charge in [-0.05, 0) is 49.2 Å². The van der Waals surface area contributed by atoms with E-state index in [9.17, 15) is 14.4 Å².